The van der Waals surface area contributed by atoms with Gasteiger partial charge in [-0.05, 0) is 45.2 Å². The first kappa shape index (κ1) is 20.4. The number of nitro groups is 1. The summed E-state index contributed by atoms with van der Waals surface area (Å²) in [6, 6.07) is 0.0575. The first-order valence-electron chi connectivity index (χ1n) is 8.87. The number of nitrogens with zero attached hydrogens (tertiary/aromatic N) is 4. The maximum absolute atomic E-state index is 12.4. The van der Waals surface area contributed by atoms with Crippen LogP contribution in [0.5, 0.6) is 0 Å². The van der Waals surface area contributed by atoms with E-state index >= 15 is 0 Å². The topological polar surface area (TPSA) is 98.5 Å². The van der Waals surface area contributed by atoms with Crippen LogP contribution in [0.4, 0.5) is 11.5 Å². The largest absolute Gasteiger partial charge is 0.466 e. The average molecular weight is 385 g/mol. The van der Waals surface area contributed by atoms with E-state index < -0.39 is 10.3 Å². The Hall–Kier alpha value is -1.96. The zero-order chi connectivity index (χ0) is 19.3. The van der Waals surface area contributed by atoms with Crippen LogP contribution >= 0.6 is 11.6 Å². The Labute approximate surface area is 158 Å². The molecular formula is C17H25ClN4O4. The van der Waals surface area contributed by atoms with Crippen LogP contribution in [0.1, 0.15) is 52.9 Å². The van der Waals surface area contributed by atoms with Crippen molar-refractivity contribution in [3.63, 3.8) is 0 Å². The third-order valence-corrected chi connectivity index (χ3v) is 4.78. The number of halogens is 1. The van der Waals surface area contributed by atoms with Crippen molar-refractivity contribution in [1.29, 1.82) is 0 Å². The van der Waals surface area contributed by atoms with Gasteiger partial charge in [0.1, 0.15) is 6.20 Å². The van der Waals surface area contributed by atoms with Gasteiger partial charge in [-0.1, -0.05) is 19.3 Å². The quantitative estimate of drug-likeness (QED) is 0.305. The third kappa shape index (κ3) is 4.81. The standard InChI is InChI=1S/C17H25ClN4O4/c1-4-26-15(23)17(2,3)11-21(12-8-6-5-7-9-12)14-13(22(24)25)10-19-16(18)20-14/h10,12H,4-9,11H2,1-3H3. The lowest BCUT2D eigenvalue weighted by Crippen LogP contribution is -2.46. The zero-order valence-corrected chi connectivity index (χ0v) is 16.2. The van der Waals surface area contributed by atoms with Crippen LogP contribution in [0.15, 0.2) is 6.20 Å². The predicted molar refractivity (Wildman–Crippen MR) is 98.3 cm³/mol. The highest BCUT2D eigenvalue weighted by atomic mass is 35.5. The smallest absolute Gasteiger partial charge is 0.329 e. The van der Waals surface area contributed by atoms with E-state index in [2.05, 4.69) is 9.97 Å². The summed E-state index contributed by atoms with van der Waals surface area (Å²) in [5.74, 6) is -0.178. The maximum atomic E-state index is 12.4. The molecular weight excluding hydrogens is 360 g/mol. The van der Waals surface area contributed by atoms with Gasteiger partial charge >= 0.3 is 11.7 Å². The minimum absolute atomic E-state index is 0.0552. The van der Waals surface area contributed by atoms with Crippen LogP contribution < -0.4 is 4.90 Å². The maximum Gasteiger partial charge on any atom is 0.329 e. The average Bonchev–Trinajstić information content (AvgIpc) is 2.60. The number of hydrogen-bond acceptors (Lipinski definition) is 7. The molecule has 0 aromatic carbocycles. The van der Waals surface area contributed by atoms with Gasteiger partial charge < -0.3 is 9.64 Å². The molecule has 1 heterocycles. The highest BCUT2D eigenvalue weighted by molar-refractivity contribution is 6.28. The monoisotopic (exact) mass is 384 g/mol. The van der Waals surface area contributed by atoms with Crippen molar-refractivity contribution < 1.29 is 14.5 Å². The lowest BCUT2D eigenvalue weighted by atomic mass is 9.89. The van der Waals surface area contributed by atoms with E-state index in [9.17, 15) is 14.9 Å². The molecule has 144 valence electrons. The molecule has 0 N–H and O–H groups in total. The molecule has 0 amide bonds. The molecule has 0 spiro atoms. The number of anilines is 1. The fourth-order valence-corrected chi connectivity index (χ4v) is 3.40. The van der Waals surface area contributed by atoms with E-state index in [1.54, 1.807) is 20.8 Å². The van der Waals surface area contributed by atoms with Crippen molar-refractivity contribution >= 4 is 29.1 Å². The summed E-state index contributed by atoms with van der Waals surface area (Å²) in [6.45, 7) is 5.84. The summed E-state index contributed by atoms with van der Waals surface area (Å²) in [5, 5.41) is 11.4. The van der Waals surface area contributed by atoms with E-state index in [0.29, 0.717) is 0 Å². The SMILES string of the molecule is CCOC(=O)C(C)(C)CN(c1nc(Cl)ncc1[N+](=O)[O-])C1CCCCC1. The van der Waals surface area contributed by atoms with Gasteiger partial charge in [0.05, 0.1) is 16.9 Å². The summed E-state index contributed by atoms with van der Waals surface area (Å²) < 4.78 is 5.17. The Morgan fingerprint density at radius 1 is 1.42 bits per heavy atom. The molecule has 26 heavy (non-hydrogen) atoms. The minimum Gasteiger partial charge on any atom is -0.466 e. The van der Waals surface area contributed by atoms with Crippen LogP contribution in [0.25, 0.3) is 0 Å². The van der Waals surface area contributed by atoms with E-state index in [0.717, 1.165) is 38.3 Å². The van der Waals surface area contributed by atoms with Gasteiger partial charge in [0.25, 0.3) is 0 Å². The molecule has 1 saturated carbocycles. The molecule has 8 nitrogen and oxygen atoms in total. The first-order chi connectivity index (χ1) is 12.3. The van der Waals surface area contributed by atoms with Crippen molar-refractivity contribution in [2.75, 3.05) is 18.1 Å². The van der Waals surface area contributed by atoms with Gasteiger partial charge in [0.15, 0.2) is 0 Å². The van der Waals surface area contributed by atoms with Crippen molar-refractivity contribution in [2.24, 2.45) is 5.41 Å². The van der Waals surface area contributed by atoms with E-state index in [1.165, 1.54) is 0 Å². The normalized spacial score (nSPS) is 15.5. The second-order valence-electron chi connectivity index (χ2n) is 7.13. The lowest BCUT2D eigenvalue weighted by Gasteiger charge is -2.39. The van der Waals surface area contributed by atoms with Crippen LogP contribution in [0.2, 0.25) is 5.28 Å². The predicted octanol–water partition coefficient (Wildman–Crippen LogP) is 3.77. The third-order valence-electron chi connectivity index (χ3n) is 4.60. The first-order valence-corrected chi connectivity index (χ1v) is 9.25. The summed E-state index contributed by atoms with van der Waals surface area (Å²) in [7, 11) is 0. The highest BCUT2D eigenvalue weighted by Gasteiger charge is 2.37. The van der Waals surface area contributed by atoms with Gasteiger partial charge in [-0.15, -0.1) is 0 Å². The summed E-state index contributed by atoms with van der Waals surface area (Å²) >= 11 is 5.92. The van der Waals surface area contributed by atoms with Gasteiger partial charge in [0.2, 0.25) is 11.1 Å². The van der Waals surface area contributed by atoms with Crippen molar-refractivity contribution in [3.05, 3.63) is 21.6 Å². The molecule has 0 unspecified atom stereocenters. The van der Waals surface area contributed by atoms with Crippen LogP contribution in [0, 0.1) is 15.5 Å². The zero-order valence-electron chi connectivity index (χ0n) is 15.4. The fraction of sp³-hybridized carbons (Fsp3) is 0.706. The van der Waals surface area contributed by atoms with Crippen LogP contribution in [-0.4, -0.2) is 40.1 Å². The Bertz CT molecular complexity index is 662. The lowest BCUT2D eigenvalue weighted by molar-refractivity contribution is -0.384. The van der Waals surface area contributed by atoms with Gasteiger partial charge in [-0.2, -0.15) is 4.98 Å². The second kappa shape index (κ2) is 8.62. The van der Waals surface area contributed by atoms with Crippen molar-refractivity contribution in [2.45, 2.75) is 58.9 Å². The number of aromatic nitrogens is 2. The number of esters is 1. The summed E-state index contributed by atoms with van der Waals surface area (Å²) in [6.07, 6.45) is 6.10. The molecule has 1 aromatic heterocycles. The molecule has 0 aliphatic heterocycles. The molecule has 0 saturated heterocycles. The number of hydrogen-bond donors (Lipinski definition) is 0. The van der Waals surface area contributed by atoms with E-state index in [1.807, 2.05) is 4.90 Å². The number of carbonyl (C=O) groups excluding carboxylic acids is 1. The van der Waals surface area contributed by atoms with Crippen molar-refractivity contribution in [3.8, 4) is 0 Å². The van der Waals surface area contributed by atoms with E-state index in [-0.39, 0.29) is 42.0 Å². The van der Waals surface area contributed by atoms with Crippen LogP contribution in [-0.2, 0) is 9.53 Å². The highest BCUT2D eigenvalue weighted by Crippen LogP contribution is 2.35. The number of rotatable bonds is 7. The van der Waals surface area contributed by atoms with Gasteiger partial charge in [0, 0.05) is 12.6 Å². The minimum atomic E-state index is -0.848. The second-order valence-corrected chi connectivity index (χ2v) is 7.47. The molecule has 1 aliphatic rings. The number of ether oxygens (including phenoxy) is 1. The summed E-state index contributed by atoms with van der Waals surface area (Å²) in [4.78, 5) is 33.1. The Balaban J connectivity index is 2.43. The van der Waals surface area contributed by atoms with Crippen LogP contribution in [0.3, 0.4) is 0 Å². The molecule has 1 aromatic rings. The molecule has 0 bridgehead atoms. The van der Waals surface area contributed by atoms with Gasteiger partial charge in [-0.3, -0.25) is 14.9 Å². The van der Waals surface area contributed by atoms with E-state index in [4.69, 9.17) is 16.3 Å². The Kier molecular flexibility index (Phi) is 6.75. The molecule has 1 fully saturated rings. The molecule has 0 radical (unpaired) electrons. The Morgan fingerprint density at radius 2 is 2.08 bits per heavy atom. The van der Waals surface area contributed by atoms with Gasteiger partial charge in [-0.25, -0.2) is 4.98 Å². The van der Waals surface area contributed by atoms with Crippen molar-refractivity contribution in [1.82, 2.24) is 9.97 Å². The molecule has 1 aliphatic carbocycles. The molecule has 2 rings (SSSR count). The summed E-state index contributed by atoms with van der Waals surface area (Å²) in [5.41, 5.74) is -1.06. The Morgan fingerprint density at radius 3 is 2.65 bits per heavy atom. The number of carbonyl (C=O) groups is 1. The molecule has 0 atom stereocenters. The molecule has 9 heteroatoms. The fourth-order valence-electron chi connectivity index (χ4n) is 3.27.